The van der Waals surface area contributed by atoms with Gasteiger partial charge in [-0.15, -0.1) is 0 Å². The molecule has 26 heteroatoms. The van der Waals surface area contributed by atoms with Crippen molar-refractivity contribution >= 4 is 70.9 Å². The zero-order chi connectivity index (χ0) is 49.0. The highest BCUT2D eigenvalue weighted by atomic mass is 31.1. The molecule has 0 bridgehead atoms. The molecule has 0 aliphatic carbocycles. The number of carbonyl (C=O) groups excluding carboxylic acids is 2. The maximum Gasteiger partial charge on any atom is 0.320 e. The maximum absolute atomic E-state index is 14.8. The van der Waals surface area contributed by atoms with Gasteiger partial charge in [-0.2, -0.15) is 9.97 Å². The second-order valence-corrected chi connectivity index (χ2v) is 30.8. The predicted molar refractivity (Wildman–Crippen MR) is 248 cm³/mol. The average molecular weight is 981 g/mol. The fourth-order valence-corrected chi connectivity index (χ4v) is 10.5. The summed E-state index contributed by atoms with van der Waals surface area (Å²) in [5, 5.41) is 26.1. The van der Waals surface area contributed by atoms with Crippen molar-refractivity contribution in [2.45, 2.75) is 155 Å². The van der Waals surface area contributed by atoms with Crippen LogP contribution in [0.15, 0.2) is 22.2 Å². The van der Waals surface area contributed by atoms with Gasteiger partial charge in [0.2, 0.25) is 23.7 Å². The molecule has 6 N–H and O–H groups in total. The number of anilines is 2. The molecule has 366 valence electrons. The molecule has 2 amide bonds. The minimum atomic E-state index is -3.76. The summed E-state index contributed by atoms with van der Waals surface area (Å²) in [4.78, 5) is 74.4. The van der Waals surface area contributed by atoms with Gasteiger partial charge in [0.05, 0.1) is 25.9 Å². The van der Waals surface area contributed by atoms with Gasteiger partial charge in [0.25, 0.3) is 11.1 Å². The van der Waals surface area contributed by atoms with Gasteiger partial charge in [-0.25, -0.2) is 9.97 Å². The summed E-state index contributed by atoms with van der Waals surface area (Å²) in [6.07, 6.45) is -6.84. The Balaban J connectivity index is 1.45. The van der Waals surface area contributed by atoms with Crippen molar-refractivity contribution in [1.29, 1.82) is 0 Å². The van der Waals surface area contributed by atoms with E-state index < -0.39 is 122 Å². The van der Waals surface area contributed by atoms with Gasteiger partial charge < -0.3 is 28.5 Å². The van der Waals surface area contributed by atoms with E-state index in [1.165, 1.54) is 21.8 Å². The van der Waals surface area contributed by atoms with E-state index in [-0.39, 0.29) is 44.3 Å². The number of imidazole rings is 2. The molecule has 66 heavy (non-hydrogen) atoms. The lowest BCUT2D eigenvalue weighted by atomic mass is 10.1. The van der Waals surface area contributed by atoms with E-state index in [0.717, 1.165) is 0 Å². The van der Waals surface area contributed by atoms with E-state index in [9.17, 15) is 34.0 Å². The number of amides is 2. The number of rotatable bonds is 16. The molecule has 2 aliphatic rings. The first-order valence-corrected chi connectivity index (χ1v) is 28.9. The zero-order valence-corrected chi connectivity index (χ0v) is 42.9. The molecule has 0 saturated carbocycles. The van der Waals surface area contributed by atoms with Gasteiger partial charge in [0.1, 0.15) is 36.6 Å². The highest BCUT2D eigenvalue weighted by molar-refractivity contribution is 7.33. The molecule has 0 unspecified atom stereocenters. The van der Waals surface area contributed by atoms with Crippen LogP contribution in [0.2, 0.25) is 36.3 Å². The van der Waals surface area contributed by atoms with Crippen LogP contribution in [0.3, 0.4) is 0 Å². The van der Waals surface area contributed by atoms with Crippen LogP contribution in [0.1, 0.15) is 81.7 Å². The molecular formula is C40H65N10O13PSi2. The molecule has 2 saturated heterocycles. The molecule has 0 aromatic carbocycles. The number of aliphatic hydroxyl groups excluding tert-OH is 2. The van der Waals surface area contributed by atoms with Crippen LogP contribution in [0, 0.1) is 11.8 Å². The minimum absolute atomic E-state index is 0.0158. The van der Waals surface area contributed by atoms with Crippen LogP contribution in [0.25, 0.3) is 22.3 Å². The van der Waals surface area contributed by atoms with Crippen molar-refractivity contribution in [3.63, 3.8) is 0 Å². The average Bonchev–Trinajstić information content (AvgIpc) is 3.98. The third kappa shape index (κ3) is 10.4. The quantitative estimate of drug-likeness (QED) is 0.0678. The van der Waals surface area contributed by atoms with Gasteiger partial charge in [0, 0.05) is 11.8 Å². The number of ether oxygens (including phenoxy) is 2. The Morgan fingerprint density at radius 1 is 0.712 bits per heavy atom. The fourth-order valence-electron chi connectivity index (χ4n) is 6.84. The Morgan fingerprint density at radius 2 is 1.06 bits per heavy atom. The fraction of sp³-hybridized carbons (Fsp3) is 0.700. The lowest BCUT2D eigenvalue weighted by molar-refractivity contribution is -0.119. The Morgan fingerprint density at radius 3 is 1.36 bits per heavy atom. The number of carbonyl (C=O) groups is 2. The highest BCUT2D eigenvalue weighted by Gasteiger charge is 2.55. The van der Waals surface area contributed by atoms with Gasteiger partial charge >= 0.3 is 8.25 Å². The van der Waals surface area contributed by atoms with E-state index in [2.05, 4.69) is 40.5 Å². The van der Waals surface area contributed by atoms with E-state index >= 15 is 0 Å². The van der Waals surface area contributed by atoms with E-state index in [1.54, 1.807) is 27.7 Å². The van der Waals surface area contributed by atoms with Crippen molar-refractivity contribution in [1.82, 2.24) is 39.0 Å². The van der Waals surface area contributed by atoms with E-state index in [4.69, 9.17) is 27.4 Å². The van der Waals surface area contributed by atoms with Crippen LogP contribution in [-0.2, 0) is 41.5 Å². The summed E-state index contributed by atoms with van der Waals surface area (Å²) in [5.74, 6) is -1.98. The summed E-state index contributed by atoms with van der Waals surface area (Å²) >= 11 is 0. The first-order chi connectivity index (χ1) is 30.6. The predicted octanol–water partition coefficient (Wildman–Crippen LogP) is 4.16. The number of aromatic amines is 2. The van der Waals surface area contributed by atoms with Gasteiger partial charge in [-0.05, 0) is 36.3 Å². The third-order valence-corrected chi connectivity index (χ3v) is 22.7. The van der Waals surface area contributed by atoms with E-state index in [0.29, 0.717) is 0 Å². The van der Waals surface area contributed by atoms with Crippen molar-refractivity contribution in [3.8, 4) is 0 Å². The number of hydrogen-bond acceptors (Lipinski definition) is 17. The lowest BCUT2D eigenvalue weighted by Gasteiger charge is -2.41. The standard InChI is InChI=1S/C40H65N10O13PSi2/c1-19(2)31(53)45-37-43-29-23(33(55)47-37)41-17-49(29)35-27(25(21(15-51)58-35)62-65(11,12)39(5,6)7)60-64(57)61-28-26(63-66(13,14)40(8,9)10)22(16-52)59-36(28)50-18-42-24-30(50)44-38(48-34(24)56)46-32(54)20(3)4/h17-22,25-28,35-36,51-52,64H,15-16H2,1-14H3,(H2,43,45,47,53,55)(H2,44,46,48,54,56)/t21-,22-,25-,26-,27+,28+,35-,36-/m1/s1. The van der Waals surface area contributed by atoms with Crippen LogP contribution in [-0.4, -0.2) is 128 Å². The summed E-state index contributed by atoms with van der Waals surface area (Å²) < 4.78 is 57.1. The molecule has 0 spiro atoms. The van der Waals surface area contributed by atoms with Crippen molar-refractivity contribution in [2.75, 3.05) is 23.8 Å². The number of aliphatic hydroxyl groups is 2. The zero-order valence-electron chi connectivity index (χ0n) is 39.9. The van der Waals surface area contributed by atoms with E-state index in [1.807, 2.05) is 67.7 Å². The Hall–Kier alpha value is -4.02. The number of aromatic nitrogens is 8. The first kappa shape index (κ1) is 51.4. The number of H-pyrrole nitrogens is 2. The second-order valence-electron chi connectivity index (χ2n) is 20.4. The SMILES string of the molecule is CC(C)C(=O)Nc1nc2c(ncn2[C@@H]2O[C@H](CO)[C@@H](O[Si](C)(C)C(C)(C)C)[C@@H]2O[PH](=O)O[C@H]2[C@H](O[Si](C)(C)C(C)(C)C)[C@@H](CO)O[C@H]2n2cnc3c(=O)[nH]c(NC(=O)C(C)C)nc32)c(=O)[nH]1. The third-order valence-electron chi connectivity index (χ3n) is 12.8. The highest BCUT2D eigenvalue weighted by Crippen LogP contribution is 2.49. The van der Waals surface area contributed by atoms with Gasteiger partial charge in [0.15, 0.2) is 51.4 Å². The topological polar surface area (TPSA) is 298 Å². The molecule has 4 aromatic heterocycles. The van der Waals surface area contributed by atoms with Crippen LogP contribution in [0.5, 0.6) is 0 Å². The molecule has 6 rings (SSSR count). The second kappa shape index (κ2) is 19.2. The van der Waals surface area contributed by atoms with Crippen molar-refractivity contribution in [2.24, 2.45) is 11.8 Å². The molecule has 4 aromatic rings. The van der Waals surface area contributed by atoms with Crippen LogP contribution < -0.4 is 21.8 Å². The Kier molecular flexibility index (Phi) is 14.9. The summed E-state index contributed by atoms with van der Waals surface area (Å²) in [7, 11) is -9.20. The molecule has 23 nitrogen and oxygen atoms in total. The number of fused-ring (bicyclic) bond motifs is 2. The van der Waals surface area contributed by atoms with Crippen LogP contribution in [0.4, 0.5) is 11.9 Å². The smallest absolute Gasteiger partial charge is 0.320 e. The largest absolute Gasteiger partial charge is 0.408 e. The van der Waals surface area contributed by atoms with Gasteiger partial charge in [-0.3, -0.25) is 62.5 Å². The Bertz CT molecular complexity index is 2390. The lowest BCUT2D eigenvalue weighted by Crippen LogP contribution is -2.50. The molecule has 2 fully saturated rings. The summed E-state index contributed by atoms with van der Waals surface area (Å²) in [5.41, 5.74) is -1.55. The monoisotopic (exact) mass is 980 g/mol. The number of nitrogens with one attached hydrogen (secondary N) is 4. The van der Waals surface area contributed by atoms with Crippen LogP contribution >= 0.6 is 8.25 Å². The van der Waals surface area contributed by atoms with Gasteiger partial charge in [-0.1, -0.05) is 69.2 Å². The van der Waals surface area contributed by atoms with Crippen molar-refractivity contribution < 1.29 is 51.7 Å². The summed E-state index contributed by atoms with van der Waals surface area (Å²) in [6, 6.07) is 0. The molecule has 8 atom stereocenters. The normalized spacial score (nSPS) is 24.8. The number of hydrogen-bond donors (Lipinski definition) is 6. The van der Waals surface area contributed by atoms with Crippen molar-refractivity contribution in [3.05, 3.63) is 33.4 Å². The first-order valence-electron chi connectivity index (χ1n) is 21.9. The minimum Gasteiger partial charge on any atom is -0.408 e. The maximum atomic E-state index is 14.8. The summed E-state index contributed by atoms with van der Waals surface area (Å²) in [6.45, 7) is 25.8. The number of nitrogens with zero attached hydrogens (tertiary/aromatic N) is 6. The molecule has 2 aliphatic heterocycles. The molecular weight excluding hydrogens is 916 g/mol. The Labute approximate surface area is 384 Å². The molecule has 0 radical (unpaired) electrons. The molecule has 6 heterocycles.